The largest absolute Gasteiger partial charge is 0.399 e. The number of nitrogens with two attached hydrogens (primary N) is 1. The quantitative estimate of drug-likeness (QED) is 0.688. The highest BCUT2D eigenvalue weighted by Crippen LogP contribution is 2.04. The molecule has 0 saturated heterocycles. The lowest BCUT2D eigenvalue weighted by Crippen LogP contribution is -2.28. The average Bonchev–Trinajstić information content (AvgIpc) is 2.15. The van der Waals surface area contributed by atoms with Crippen molar-refractivity contribution in [1.29, 1.82) is 0 Å². The predicted octanol–water partition coefficient (Wildman–Crippen LogP) is 0.588. The first-order valence-electron chi connectivity index (χ1n) is 4.23. The molecule has 0 aromatic heterocycles. The summed E-state index contributed by atoms with van der Waals surface area (Å²) in [6, 6.07) is 6.51. The number of Topliss-reactive ketones (excluding diaryl/α,β-unsaturated/α-hetero) is 1. The Bertz CT molecular complexity index is 344. The predicted molar refractivity (Wildman–Crippen MR) is 53.9 cm³/mol. The Kier molecular flexibility index (Phi) is 3.23. The van der Waals surface area contributed by atoms with Gasteiger partial charge in [-0.1, -0.05) is 0 Å². The van der Waals surface area contributed by atoms with Gasteiger partial charge in [0.15, 0.2) is 0 Å². The smallest absolute Gasteiger partial charge is 0.251 e. The normalized spacial score (nSPS) is 9.50. The maximum Gasteiger partial charge on any atom is 0.251 e. The summed E-state index contributed by atoms with van der Waals surface area (Å²) >= 11 is 0. The Morgan fingerprint density at radius 1 is 1.29 bits per heavy atom. The van der Waals surface area contributed by atoms with Gasteiger partial charge in [-0.2, -0.15) is 0 Å². The van der Waals surface area contributed by atoms with E-state index in [2.05, 4.69) is 5.32 Å². The highest BCUT2D eigenvalue weighted by atomic mass is 16.2. The number of benzene rings is 1. The zero-order valence-electron chi connectivity index (χ0n) is 7.91. The van der Waals surface area contributed by atoms with Crippen molar-refractivity contribution >= 4 is 17.4 Å². The highest BCUT2D eigenvalue weighted by molar-refractivity contribution is 5.96. The van der Waals surface area contributed by atoms with Crippen LogP contribution in [0.1, 0.15) is 17.3 Å². The summed E-state index contributed by atoms with van der Waals surface area (Å²) in [6.45, 7) is 1.48. The number of nitrogens with one attached hydrogen (secondary N) is 1. The minimum Gasteiger partial charge on any atom is -0.399 e. The van der Waals surface area contributed by atoms with Crippen molar-refractivity contribution in [3.05, 3.63) is 29.8 Å². The van der Waals surface area contributed by atoms with E-state index in [1.165, 1.54) is 6.92 Å². The zero-order valence-corrected chi connectivity index (χ0v) is 7.91. The minimum atomic E-state index is -0.264. The van der Waals surface area contributed by atoms with E-state index in [0.717, 1.165) is 0 Å². The van der Waals surface area contributed by atoms with Crippen LogP contribution >= 0.6 is 0 Å². The van der Waals surface area contributed by atoms with Crippen LogP contribution in [0.3, 0.4) is 0 Å². The lowest BCUT2D eigenvalue weighted by molar-refractivity contribution is -0.116. The van der Waals surface area contributed by atoms with Crippen LogP contribution in [0, 0.1) is 0 Å². The lowest BCUT2D eigenvalue weighted by Gasteiger charge is -2.02. The van der Waals surface area contributed by atoms with E-state index < -0.39 is 0 Å². The number of carbonyl (C=O) groups is 2. The molecular weight excluding hydrogens is 180 g/mol. The van der Waals surface area contributed by atoms with Crippen molar-refractivity contribution in [3.63, 3.8) is 0 Å². The monoisotopic (exact) mass is 192 g/mol. The second-order valence-electron chi connectivity index (χ2n) is 3.01. The van der Waals surface area contributed by atoms with Gasteiger partial charge in [-0.05, 0) is 31.2 Å². The van der Waals surface area contributed by atoms with Gasteiger partial charge in [0.25, 0.3) is 5.91 Å². The van der Waals surface area contributed by atoms with Crippen molar-refractivity contribution in [3.8, 4) is 0 Å². The lowest BCUT2D eigenvalue weighted by atomic mass is 10.2. The molecule has 1 aromatic rings. The SMILES string of the molecule is CC(=O)CNC(=O)c1ccc(N)cc1. The molecule has 0 spiro atoms. The van der Waals surface area contributed by atoms with E-state index in [0.29, 0.717) is 11.3 Å². The van der Waals surface area contributed by atoms with Gasteiger partial charge < -0.3 is 11.1 Å². The van der Waals surface area contributed by atoms with E-state index in [9.17, 15) is 9.59 Å². The first-order chi connectivity index (χ1) is 6.59. The maximum atomic E-state index is 11.4. The second-order valence-corrected chi connectivity index (χ2v) is 3.01. The van der Waals surface area contributed by atoms with Gasteiger partial charge in [-0.15, -0.1) is 0 Å². The van der Waals surface area contributed by atoms with E-state index in [1.54, 1.807) is 24.3 Å². The Morgan fingerprint density at radius 3 is 2.36 bits per heavy atom. The van der Waals surface area contributed by atoms with Gasteiger partial charge in [0.1, 0.15) is 5.78 Å². The molecule has 74 valence electrons. The molecule has 0 unspecified atom stereocenters. The third-order valence-electron chi connectivity index (χ3n) is 1.67. The number of carbonyl (C=O) groups excluding carboxylic acids is 2. The summed E-state index contributed by atoms with van der Waals surface area (Å²) in [5.41, 5.74) is 6.57. The molecule has 0 heterocycles. The van der Waals surface area contributed by atoms with Gasteiger partial charge in [0, 0.05) is 11.3 Å². The van der Waals surface area contributed by atoms with Crippen molar-refractivity contribution < 1.29 is 9.59 Å². The summed E-state index contributed by atoms with van der Waals surface area (Å²) in [5, 5.41) is 2.49. The number of anilines is 1. The fourth-order valence-corrected chi connectivity index (χ4v) is 0.941. The van der Waals surface area contributed by atoms with Crippen LogP contribution in [0.5, 0.6) is 0 Å². The van der Waals surface area contributed by atoms with Crippen LogP contribution in [0.2, 0.25) is 0 Å². The molecule has 0 radical (unpaired) electrons. The third kappa shape index (κ3) is 2.90. The Labute approximate surface area is 82.1 Å². The number of hydrogen-bond donors (Lipinski definition) is 2. The summed E-state index contributed by atoms with van der Waals surface area (Å²) in [4.78, 5) is 22.0. The van der Waals surface area contributed by atoms with Gasteiger partial charge in [0.2, 0.25) is 0 Å². The first kappa shape index (κ1) is 10.2. The topological polar surface area (TPSA) is 72.2 Å². The van der Waals surface area contributed by atoms with Crippen LogP contribution in [0.15, 0.2) is 24.3 Å². The molecule has 14 heavy (non-hydrogen) atoms. The van der Waals surface area contributed by atoms with E-state index in [4.69, 9.17) is 5.73 Å². The minimum absolute atomic E-state index is 0.0587. The summed E-state index contributed by atoms with van der Waals surface area (Å²) in [7, 11) is 0. The first-order valence-corrected chi connectivity index (χ1v) is 4.23. The molecule has 0 atom stereocenters. The van der Waals surface area contributed by atoms with Crippen molar-refractivity contribution in [1.82, 2.24) is 5.32 Å². The Morgan fingerprint density at radius 2 is 1.86 bits per heavy atom. The molecular formula is C10H12N2O2. The third-order valence-corrected chi connectivity index (χ3v) is 1.67. The Balaban J connectivity index is 2.61. The average molecular weight is 192 g/mol. The van der Waals surface area contributed by atoms with Gasteiger partial charge >= 0.3 is 0 Å². The number of amides is 1. The summed E-state index contributed by atoms with van der Waals surface area (Å²) in [6.07, 6.45) is 0. The standard InChI is InChI=1S/C10H12N2O2/c1-7(13)6-12-10(14)8-2-4-9(11)5-3-8/h2-5H,6,11H2,1H3,(H,12,14). The van der Waals surface area contributed by atoms with E-state index >= 15 is 0 Å². The maximum absolute atomic E-state index is 11.4. The molecule has 0 aliphatic carbocycles. The number of hydrogen-bond acceptors (Lipinski definition) is 3. The van der Waals surface area contributed by atoms with Crippen molar-refractivity contribution in [2.75, 3.05) is 12.3 Å². The second kappa shape index (κ2) is 4.41. The van der Waals surface area contributed by atoms with E-state index in [-0.39, 0.29) is 18.2 Å². The Hall–Kier alpha value is -1.84. The van der Waals surface area contributed by atoms with Crippen LogP contribution in [0.4, 0.5) is 5.69 Å². The van der Waals surface area contributed by atoms with Gasteiger partial charge in [0.05, 0.1) is 6.54 Å². The van der Waals surface area contributed by atoms with Crippen molar-refractivity contribution in [2.45, 2.75) is 6.92 Å². The molecule has 0 aliphatic rings. The summed E-state index contributed by atoms with van der Waals surface area (Å²) in [5.74, 6) is -0.339. The van der Waals surface area contributed by atoms with Gasteiger partial charge in [-0.3, -0.25) is 9.59 Å². The molecule has 0 saturated carbocycles. The number of nitrogen functional groups attached to an aromatic ring is 1. The van der Waals surface area contributed by atoms with E-state index in [1.807, 2.05) is 0 Å². The van der Waals surface area contributed by atoms with Crippen LogP contribution in [-0.2, 0) is 4.79 Å². The molecule has 4 heteroatoms. The van der Waals surface area contributed by atoms with Gasteiger partial charge in [-0.25, -0.2) is 0 Å². The molecule has 0 bridgehead atoms. The fraction of sp³-hybridized carbons (Fsp3) is 0.200. The summed E-state index contributed by atoms with van der Waals surface area (Å²) < 4.78 is 0. The number of rotatable bonds is 3. The molecule has 0 aliphatic heterocycles. The van der Waals surface area contributed by atoms with Crippen LogP contribution in [0.25, 0.3) is 0 Å². The van der Waals surface area contributed by atoms with Crippen molar-refractivity contribution in [2.24, 2.45) is 0 Å². The molecule has 3 N–H and O–H groups in total. The molecule has 1 aromatic carbocycles. The number of ketones is 1. The molecule has 1 amide bonds. The van der Waals surface area contributed by atoms with Crippen LogP contribution in [-0.4, -0.2) is 18.2 Å². The zero-order chi connectivity index (χ0) is 10.6. The van der Waals surface area contributed by atoms with Crippen LogP contribution < -0.4 is 11.1 Å². The molecule has 1 rings (SSSR count). The highest BCUT2D eigenvalue weighted by Gasteiger charge is 2.04. The fourth-order valence-electron chi connectivity index (χ4n) is 0.941. The molecule has 4 nitrogen and oxygen atoms in total. The molecule has 0 fully saturated rings.